The van der Waals surface area contributed by atoms with Gasteiger partial charge in [-0.1, -0.05) is 17.7 Å². The monoisotopic (exact) mass is 445 g/mol. The van der Waals surface area contributed by atoms with E-state index in [0.717, 1.165) is 5.56 Å². The summed E-state index contributed by atoms with van der Waals surface area (Å²) in [7, 11) is -4.20. The SMILES string of the molecule is Cc1ccc(Oc2c(N(NC(C)(C)C)NC(C)(C)C)cc(C#N)cc2S(N)(=O)=O)cc1. The first-order valence-corrected chi connectivity index (χ1v) is 11.3. The van der Waals surface area contributed by atoms with Crippen molar-refractivity contribution >= 4 is 15.7 Å². The standard InChI is InChI=1S/C22H31N5O3S/c1-15-8-10-17(11-9-15)30-20-18(12-16(14-23)13-19(20)31(24,28)29)27(25-21(2,3)4)26-22(5,6)7/h8-13,25-26H,1-7H3,(H2,24,28,29). The molecule has 0 fully saturated rings. The summed E-state index contributed by atoms with van der Waals surface area (Å²) in [4.78, 5) is -0.279. The molecule has 0 amide bonds. The zero-order chi connectivity index (χ0) is 23.6. The number of hydrazine groups is 2. The van der Waals surface area contributed by atoms with Crippen LogP contribution in [0.2, 0.25) is 0 Å². The van der Waals surface area contributed by atoms with Gasteiger partial charge in [-0.3, -0.25) is 0 Å². The maximum Gasteiger partial charge on any atom is 0.241 e. The van der Waals surface area contributed by atoms with Crippen molar-refractivity contribution in [2.75, 3.05) is 5.12 Å². The molecule has 2 aromatic carbocycles. The first-order chi connectivity index (χ1) is 14.1. The maximum absolute atomic E-state index is 12.4. The molecule has 0 radical (unpaired) electrons. The molecule has 4 N–H and O–H groups in total. The lowest BCUT2D eigenvalue weighted by atomic mass is 10.1. The summed E-state index contributed by atoms with van der Waals surface area (Å²) < 4.78 is 30.9. The second-order valence-corrected chi connectivity index (χ2v) is 11.0. The Kier molecular flexibility index (Phi) is 7.03. The quantitative estimate of drug-likeness (QED) is 0.580. The summed E-state index contributed by atoms with van der Waals surface area (Å²) in [5.41, 5.74) is 7.26. The maximum atomic E-state index is 12.4. The van der Waals surface area contributed by atoms with Crippen molar-refractivity contribution in [3.8, 4) is 17.6 Å². The summed E-state index contributed by atoms with van der Waals surface area (Å²) >= 11 is 0. The van der Waals surface area contributed by atoms with Crippen molar-refractivity contribution in [1.29, 1.82) is 5.26 Å². The molecule has 0 spiro atoms. The molecule has 0 unspecified atom stereocenters. The third-order valence-corrected chi connectivity index (χ3v) is 4.76. The zero-order valence-corrected chi connectivity index (χ0v) is 19.9. The highest BCUT2D eigenvalue weighted by Crippen LogP contribution is 2.39. The predicted octanol–water partition coefficient (Wildman–Crippen LogP) is 3.72. The van der Waals surface area contributed by atoms with E-state index >= 15 is 0 Å². The Balaban J connectivity index is 2.79. The second kappa shape index (κ2) is 8.85. The molecular formula is C22H31N5O3S. The molecule has 9 heteroatoms. The first kappa shape index (κ1) is 24.6. The normalized spacial score (nSPS) is 12.4. The number of aryl methyl sites for hydroxylation is 1. The van der Waals surface area contributed by atoms with Crippen LogP contribution in [0.3, 0.4) is 0 Å². The number of hydrogen-bond donors (Lipinski definition) is 3. The minimum atomic E-state index is -4.20. The predicted molar refractivity (Wildman–Crippen MR) is 122 cm³/mol. The van der Waals surface area contributed by atoms with Crippen LogP contribution in [0.25, 0.3) is 0 Å². The van der Waals surface area contributed by atoms with Crippen molar-refractivity contribution in [2.45, 2.75) is 64.4 Å². The number of nitriles is 1. The van der Waals surface area contributed by atoms with E-state index in [1.165, 1.54) is 6.07 Å². The van der Waals surface area contributed by atoms with Crippen LogP contribution in [0.4, 0.5) is 5.69 Å². The fourth-order valence-corrected chi connectivity index (χ4v) is 3.37. The topological polar surface area (TPSA) is 120 Å². The molecule has 0 saturated carbocycles. The molecule has 0 bridgehead atoms. The zero-order valence-electron chi connectivity index (χ0n) is 19.1. The Hall–Kier alpha value is -2.64. The van der Waals surface area contributed by atoms with Crippen molar-refractivity contribution in [3.63, 3.8) is 0 Å². The third kappa shape index (κ3) is 7.22. The Labute approximate surface area is 185 Å². The number of nitrogens with zero attached hydrogens (tertiary/aromatic N) is 2. The van der Waals surface area contributed by atoms with Gasteiger partial charge < -0.3 is 4.74 Å². The van der Waals surface area contributed by atoms with E-state index in [-0.39, 0.29) is 16.2 Å². The first-order valence-electron chi connectivity index (χ1n) is 9.80. The Morgan fingerprint density at radius 2 is 1.52 bits per heavy atom. The second-order valence-electron chi connectivity index (χ2n) is 9.45. The van der Waals surface area contributed by atoms with Gasteiger partial charge in [0.05, 0.1) is 11.6 Å². The highest BCUT2D eigenvalue weighted by molar-refractivity contribution is 7.89. The van der Waals surface area contributed by atoms with Crippen molar-refractivity contribution in [2.24, 2.45) is 5.14 Å². The van der Waals surface area contributed by atoms with E-state index in [1.54, 1.807) is 23.3 Å². The van der Waals surface area contributed by atoms with Gasteiger partial charge in [-0.05, 0) is 72.7 Å². The van der Waals surface area contributed by atoms with Crippen LogP contribution in [-0.2, 0) is 10.0 Å². The van der Waals surface area contributed by atoms with Gasteiger partial charge in [0.15, 0.2) is 5.75 Å². The van der Waals surface area contributed by atoms with Crippen LogP contribution < -0.4 is 25.8 Å². The van der Waals surface area contributed by atoms with Crippen LogP contribution in [0.1, 0.15) is 52.7 Å². The average Bonchev–Trinajstić information content (AvgIpc) is 2.59. The Bertz CT molecular complexity index is 1060. The number of ether oxygens (including phenoxy) is 1. The van der Waals surface area contributed by atoms with Gasteiger partial charge in [0.1, 0.15) is 16.3 Å². The molecule has 0 heterocycles. The number of nitrogens with two attached hydrogens (primary N) is 1. The number of sulfonamides is 1. The van der Waals surface area contributed by atoms with E-state index in [1.807, 2.05) is 66.7 Å². The molecule has 0 saturated heterocycles. The highest BCUT2D eigenvalue weighted by atomic mass is 32.2. The average molecular weight is 446 g/mol. The number of primary sulfonamides is 1. The molecule has 8 nitrogen and oxygen atoms in total. The van der Waals surface area contributed by atoms with Crippen molar-refractivity contribution in [1.82, 2.24) is 10.9 Å². The van der Waals surface area contributed by atoms with Gasteiger partial charge in [-0.15, -0.1) is 0 Å². The lowest BCUT2D eigenvalue weighted by Gasteiger charge is -2.38. The van der Waals surface area contributed by atoms with Crippen molar-refractivity contribution < 1.29 is 13.2 Å². The van der Waals surface area contributed by atoms with Crippen LogP contribution in [0, 0.1) is 18.3 Å². The fourth-order valence-electron chi connectivity index (χ4n) is 2.68. The molecular weight excluding hydrogens is 414 g/mol. The smallest absolute Gasteiger partial charge is 0.241 e. The number of benzene rings is 2. The van der Waals surface area contributed by atoms with Gasteiger partial charge in [0.25, 0.3) is 0 Å². The minimum absolute atomic E-state index is 0.0128. The van der Waals surface area contributed by atoms with Gasteiger partial charge in [-0.25, -0.2) is 29.5 Å². The molecule has 0 aliphatic heterocycles. The molecule has 0 aliphatic carbocycles. The summed E-state index contributed by atoms with van der Waals surface area (Å²) in [6, 6.07) is 12.0. The molecule has 168 valence electrons. The van der Waals surface area contributed by atoms with Crippen LogP contribution in [0.15, 0.2) is 41.3 Å². The summed E-state index contributed by atoms with van der Waals surface area (Å²) in [5, 5.41) is 16.6. The Morgan fingerprint density at radius 3 is 1.94 bits per heavy atom. The number of nitrogens with one attached hydrogen (secondary N) is 2. The summed E-state index contributed by atoms with van der Waals surface area (Å²) in [6.45, 7) is 13.7. The third-order valence-electron chi connectivity index (χ3n) is 3.85. The molecule has 2 rings (SSSR count). The number of hydrogen-bond acceptors (Lipinski definition) is 7. The minimum Gasteiger partial charge on any atom is -0.454 e. The van der Waals surface area contributed by atoms with E-state index in [4.69, 9.17) is 9.88 Å². The summed E-state index contributed by atoms with van der Waals surface area (Å²) in [6.07, 6.45) is 0. The molecule has 0 aromatic heterocycles. The van der Waals surface area contributed by atoms with Gasteiger partial charge in [0.2, 0.25) is 10.0 Å². The number of anilines is 1. The van der Waals surface area contributed by atoms with Gasteiger partial charge in [0, 0.05) is 11.1 Å². The molecule has 0 aliphatic rings. The van der Waals surface area contributed by atoms with Crippen molar-refractivity contribution in [3.05, 3.63) is 47.5 Å². The lowest BCUT2D eigenvalue weighted by Crippen LogP contribution is -2.61. The number of rotatable bonds is 6. The molecule has 2 aromatic rings. The van der Waals surface area contributed by atoms with Crippen LogP contribution in [0.5, 0.6) is 11.5 Å². The van der Waals surface area contributed by atoms with Gasteiger partial charge in [-0.2, -0.15) is 5.26 Å². The fraction of sp³-hybridized carbons (Fsp3) is 0.409. The van der Waals surface area contributed by atoms with E-state index < -0.39 is 21.1 Å². The van der Waals surface area contributed by atoms with E-state index in [9.17, 15) is 13.7 Å². The Morgan fingerprint density at radius 1 is 1.00 bits per heavy atom. The summed E-state index contributed by atoms with van der Waals surface area (Å²) in [5.74, 6) is 0.451. The lowest BCUT2D eigenvalue weighted by molar-refractivity contribution is 0.310. The van der Waals surface area contributed by atoms with Crippen LogP contribution in [-0.4, -0.2) is 19.5 Å². The molecule has 31 heavy (non-hydrogen) atoms. The molecule has 0 atom stereocenters. The van der Waals surface area contributed by atoms with E-state index in [2.05, 4.69) is 10.9 Å². The van der Waals surface area contributed by atoms with Crippen LogP contribution >= 0.6 is 0 Å². The highest BCUT2D eigenvalue weighted by Gasteiger charge is 2.28. The van der Waals surface area contributed by atoms with Gasteiger partial charge >= 0.3 is 0 Å². The van der Waals surface area contributed by atoms with E-state index in [0.29, 0.717) is 11.4 Å². The largest absolute Gasteiger partial charge is 0.454 e.